The van der Waals surface area contributed by atoms with E-state index in [1.165, 1.54) is 6.33 Å². The van der Waals surface area contributed by atoms with Crippen molar-refractivity contribution in [3.8, 4) is 17.1 Å². The van der Waals surface area contributed by atoms with E-state index < -0.39 is 0 Å². The van der Waals surface area contributed by atoms with Gasteiger partial charge in [-0.3, -0.25) is 5.10 Å². The highest BCUT2D eigenvalue weighted by atomic mass is 15.3. The molecule has 0 radical (unpaired) electrons. The van der Waals surface area contributed by atoms with Crippen molar-refractivity contribution in [2.45, 2.75) is 20.0 Å². The van der Waals surface area contributed by atoms with Crippen LogP contribution in [0.5, 0.6) is 0 Å². The Morgan fingerprint density at radius 1 is 1.13 bits per heavy atom. The van der Waals surface area contributed by atoms with Crippen LogP contribution in [-0.2, 0) is 13.1 Å². The van der Waals surface area contributed by atoms with E-state index in [1.54, 1.807) is 0 Å². The van der Waals surface area contributed by atoms with Gasteiger partial charge in [-0.25, -0.2) is 14.7 Å². The SMILES string of the molecule is CCNC(=NCc1cccc(-c2ncn[nH]2)c1)N(C)Cc1cnn(-c2ccccc2)c1. The van der Waals surface area contributed by atoms with Gasteiger partial charge in [0.15, 0.2) is 11.8 Å². The number of benzene rings is 2. The van der Waals surface area contributed by atoms with Crippen LogP contribution in [-0.4, -0.2) is 49.4 Å². The third-order valence-electron chi connectivity index (χ3n) is 4.80. The van der Waals surface area contributed by atoms with Crippen LogP contribution in [0.25, 0.3) is 17.1 Å². The van der Waals surface area contributed by atoms with Crippen molar-refractivity contribution in [3.05, 3.63) is 84.4 Å². The van der Waals surface area contributed by atoms with Crippen LogP contribution in [0.4, 0.5) is 0 Å². The zero-order valence-corrected chi connectivity index (χ0v) is 17.7. The van der Waals surface area contributed by atoms with Crippen molar-refractivity contribution in [1.82, 2.24) is 35.2 Å². The quantitative estimate of drug-likeness (QED) is 0.358. The zero-order valence-electron chi connectivity index (χ0n) is 17.7. The first kappa shape index (κ1) is 20.3. The summed E-state index contributed by atoms with van der Waals surface area (Å²) in [5, 5.41) is 14.7. The Labute approximate surface area is 181 Å². The number of para-hydroxylation sites is 1. The molecule has 0 aliphatic carbocycles. The Bertz CT molecular complexity index is 1120. The minimum absolute atomic E-state index is 0.567. The van der Waals surface area contributed by atoms with Gasteiger partial charge < -0.3 is 10.2 Å². The minimum atomic E-state index is 0.567. The predicted octanol–water partition coefficient (Wildman–Crippen LogP) is 3.25. The fraction of sp³-hybridized carbons (Fsp3) is 0.217. The number of guanidine groups is 1. The average molecular weight is 415 g/mol. The lowest BCUT2D eigenvalue weighted by Gasteiger charge is -2.21. The normalized spacial score (nSPS) is 11.5. The van der Waals surface area contributed by atoms with E-state index in [9.17, 15) is 0 Å². The van der Waals surface area contributed by atoms with Crippen LogP contribution in [0.1, 0.15) is 18.1 Å². The van der Waals surface area contributed by atoms with E-state index in [4.69, 9.17) is 4.99 Å². The average Bonchev–Trinajstić information content (AvgIpc) is 3.50. The van der Waals surface area contributed by atoms with Crippen LogP contribution in [0, 0.1) is 0 Å². The standard InChI is InChI=1S/C23H26N8/c1-3-24-23(25-13-18-8-7-9-20(12-18)22-26-17-27-29-22)30(2)15-19-14-28-31(16-19)21-10-5-4-6-11-21/h4-12,14,16-17H,3,13,15H2,1-2H3,(H,24,25)(H,26,27,29). The summed E-state index contributed by atoms with van der Waals surface area (Å²) in [5.74, 6) is 1.60. The maximum Gasteiger partial charge on any atom is 0.194 e. The van der Waals surface area contributed by atoms with Crippen LogP contribution < -0.4 is 5.32 Å². The molecule has 2 N–H and O–H groups in total. The van der Waals surface area contributed by atoms with Gasteiger partial charge in [-0.05, 0) is 30.7 Å². The zero-order chi connectivity index (χ0) is 21.5. The molecule has 0 aliphatic heterocycles. The van der Waals surface area contributed by atoms with Gasteiger partial charge in [0, 0.05) is 37.5 Å². The maximum atomic E-state index is 4.83. The van der Waals surface area contributed by atoms with Gasteiger partial charge >= 0.3 is 0 Å². The fourth-order valence-electron chi connectivity index (χ4n) is 3.31. The molecule has 0 saturated carbocycles. The van der Waals surface area contributed by atoms with Crippen molar-refractivity contribution in [2.75, 3.05) is 13.6 Å². The van der Waals surface area contributed by atoms with Crippen molar-refractivity contribution >= 4 is 5.96 Å². The highest BCUT2D eigenvalue weighted by Gasteiger charge is 2.09. The van der Waals surface area contributed by atoms with Gasteiger partial charge in [0.05, 0.1) is 18.4 Å². The summed E-state index contributed by atoms with van der Waals surface area (Å²) in [6.45, 7) is 4.14. The number of aromatic amines is 1. The first-order chi connectivity index (χ1) is 15.2. The van der Waals surface area contributed by atoms with Gasteiger partial charge in [-0.15, -0.1) is 0 Å². The molecular formula is C23H26N8. The summed E-state index contributed by atoms with van der Waals surface area (Å²) >= 11 is 0. The lowest BCUT2D eigenvalue weighted by molar-refractivity contribution is 0.476. The molecule has 0 unspecified atom stereocenters. The molecule has 8 nitrogen and oxygen atoms in total. The van der Waals surface area contributed by atoms with E-state index in [2.05, 4.69) is 55.8 Å². The number of hydrogen-bond acceptors (Lipinski definition) is 4. The summed E-state index contributed by atoms with van der Waals surface area (Å²) in [4.78, 5) is 11.2. The predicted molar refractivity (Wildman–Crippen MR) is 122 cm³/mol. The number of nitrogens with one attached hydrogen (secondary N) is 2. The molecule has 0 spiro atoms. The summed E-state index contributed by atoms with van der Waals surface area (Å²) < 4.78 is 1.89. The molecule has 4 rings (SSSR count). The Morgan fingerprint density at radius 3 is 2.77 bits per heavy atom. The van der Waals surface area contributed by atoms with Crippen molar-refractivity contribution < 1.29 is 0 Å². The van der Waals surface area contributed by atoms with Crippen molar-refractivity contribution in [2.24, 2.45) is 4.99 Å². The van der Waals surface area contributed by atoms with E-state index in [0.29, 0.717) is 13.1 Å². The summed E-state index contributed by atoms with van der Waals surface area (Å²) in [7, 11) is 2.03. The van der Waals surface area contributed by atoms with Crippen LogP contribution >= 0.6 is 0 Å². The maximum absolute atomic E-state index is 4.83. The molecule has 0 aliphatic rings. The molecule has 0 saturated heterocycles. The lowest BCUT2D eigenvalue weighted by Crippen LogP contribution is -2.38. The van der Waals surface area contributed by atoms with Gasteiger partial charge in [0.1, 0.15) is 6.33 Å². The highest BCUT2D eigenvalue weighted by molar-refractivity contribution is 5.79. The van der Waals surface area contributed by atoms with E-state index in [-0.39, 0.29) is 0 Å². The second-order valence-electron chi connectivity index (χ2n) is 7.19. The lowest BCUT2D eigenvalue weighted by atomic mass is 10.1. The molecule has 0 bridgehead atoms. The van der Waals surface area contributed by atoms with Gasteiger partial charge in [0.2, 0.25) is 0 Å². The molecule has 2 heterocycles. The Balaban J connectivity index is 1.45. The fourth-order valence-corrected chi connectivity index (χ4v) is 3.31. The van der Waals surface area contributed by atoms with Crippen molar-refractivity contribution in [1.29, 1.82) is 0 Å². The van der Waals surface area contributed by atoms with Crippen LogP contribution in [0.15, 0.2) is 78.3 Å². The van der Waals surface area contributed by atoms with E-state index in [0.717, 1.165) is 40.7 Å². The molecule has 8 heteroatoms. The van der Waals surface area contributed by atoms with Gasteiger partial charge in [0.25, 0.3) is 0 Å². The number of nitrogens with zero attached hydrogens (tertiary/aromatic N) is 6. The summed E-state index contributed by atoms with van der Waals surface area (Å²) in [6, 6.07) is 18.3. The number of aliphatic imine (C=N–C) groups is 1. The van der Waals surface area contributed by atoms with Crippen LogP contribution in [0.3, 0.4) is 0 Å². The van der Waals surface area contributed by atoms with Gasteiger partial charge in [-0.1, -0.05) is 36.4 Å². The second kappa shape index (κ2) is 9.71. The summed E-state index contributed by atoms with van der Waals surface area (Å²) in [5.41, 5.74) is 4.26. The molecule has 2 aromatic carbocycles. The number of aromatic nitrogens is 5. The molecule has 158 valence electrons. The molecule has 0 atom stereocenters. The van der Waals surface area contributed by atoms with Crippen LogP contribution in [0.2, 0.25) is 0 Å². The number of H-pyrrole nitrogens is 1. The Hall–Kier alpha value is -3.94. The Kier molecular flexibility index (Phi) is 6.37. The smallest absolute Gasteiger partial charge is 0.194 e. The third kappa shape index (κ3) is 5.16. The molecular weight excluding hydrogens is 388 g/mol. The first-order valence-corrected chi connectivity index (χ1v) is 10.3. The molecule has 4 aromatic rings. The largest absolute Gasteiger partial charge is 0.357 e. The second-order valence-corrected chi connectivity index (χ2v) is 7.19. The monoisotopic (exact) mass is 414 g/mol. The number of rotatable bonds is 7. The molecule has 2 aromatic heterocycles. The van der Waals surface area contributed by atoms with E-state index >= 15 is 0 Å². The van der Waals surface area contributed by atoms with Crippen molar-refractivity contribution in [3.63, 3.8) is 0 Å². The topological polar surface area (TPSA) is 87.0 Å². The number of hydrogen-bond donors (Lipinski definition) is 2. The molecule has 0 amide bonds. The summed E-state index contributed by atoms with van der Waals surface area (Å²) in [6.07, 6.45) is 5.46. The first-order valence-electron chi connectivity index (χ1n) is 10.3. The minimum Gasteiger partial charge on any atom is -0.357 e. The van der Waals surface area contributed by atoms with Gasteiger partial charge in [-0.2, -0.15) is 10.2 Å². The molecule has 31 heavy (non-hydrogen) atoms. The highest BCUT2D eigenvalue weighted by Crippen LogP contribution is 2.16. The molecule has 0 fully saturated rings. The third-order valence-corrected chi connectivity index (χ3v) is 4.80. The van der Waals surface area contributed by atoms with E-state index in [1.807, 2.05) is 60.4 Å². The Morgan fingerprint density at radius 2 is 2.00 bits per heavy atom.